The first-order chi connectivity index (χ1) is 9.13. The zero-order chi connectivity index (χ0) is 13.7. The summed E-state index contributed by atoms with van der Waals surface area (Å²) >= 11 is 3.35. The number of amides is 1. The number of hydrogen-bond donors (Lipinski definition) is 2. The predicted octanol–water partition coefficient (Wildman–Crippen LogP) is 3.41. The van der Waals surface area contributed by atoms with Crippen LogP contribution in [0, 0.1) is 0 Å². The van der Waals surface area contributed by atoms with Gasteiger partial charge < -0.3 is 10.6 Å². The number of benzene rings is 1. The summed E-state index contributed by atoms with van der Waals surface area (Å²) in [7, 11) is 0. The molecule has 19 heavy (non-hydrogen) atoms. The Hall–Kier alpha value is -1.88. The summed E-state index contributed by atoms with van der Waals surface area (Å²) in [5, 5.41) is 6.00. The van der Waals surface area contributed by atoms with Crippen LogP contribution in [-0.2, 0) is 11.3 Å². The predicted molar refractivity (Wildman–Crippen MR) is 80.0 cm³/mol. The van der Waals surface area contributed by atoms with Crippen molar-refractivity contribution in [1.29, 1.82) is 0 Å². The Labute approximate surface area is 120 Å². The number of carbonyl (C=O) groups excluding carboxylic acids is 1. The molecule has 0 fully saturated rings. The lowest BCUT2D eigenvalue weighted by Crippen LogP contribution is -2.06. The second kappa shape index (κ2) is 6.33. The van der Waals surface area contributed by atoms with Crippen LogP contribution in [0.2, 0.25) is 0 Å². The monoisotopic (exact) mass is 319 g/mol. The third kappa shape index (κ3) is 4.37. The first kappa shape index (κ1) is 13.5. The summed E-state index contributed by atoms with van der Waals surface area (Å²) in [4.78, 5) is 15.2. The largest absolute Gasteiger partial charge is 0.379 e. The zero-order valence-corrected chi connectivity index (χ0v) is 12.1. The van der Waals surface area contributed by atoms with Crippen molar-refractivity contribution in [3.8, 4) is 0 Å². The second-order valence-corrected chi connectivity index (χ2v) is 5.00. The van der Waals surface area contributed by atoms with E-state index >= 15 is 0 Å². The topological polar surface area (TPSA) is 54.0 Å². The molecule has 0 aliphatic carbocycles. The number of anilines is 2. The van der Waals surface area contributed by atoms with E-state index < -0.39 is 0 Å². The van der Waals surface area contributed by atoms with Gasteiger partial charge in [0.2, 0.25) is 5.91 Å². The number of carbonyl (C=O) groups is 1. The molecule has 1 amide bonds. The minimum atomic E-state index is -0.0697. The van der Waals surface area contributed by atoms with E-state index in [-0.39, 0.29) is 5.91 Å². The van der Waals surface area contributed by atoms with E-state index in [1.54, 1.807) is 6.20 Å². The first-order valence-electron chi connectivity index (χ1n) is 5.85. The highest BCUT2D eigenvalue weighted by Gasteiger charge is 1.98. The molecule has 2 N–H and O–H groups in total. The third-order valence-corrected chi connectivity index (χ3v) is 2.94. The molecule has 1 heterocycles. The van der Waals surface area contributed by atoms with E-state index in [0.29, 0.717) is 6.54 Å². The lowest BCUT2D eigenvalue weighted by molar-refractivity contribution is -0.114. The van der Waals surface area contributed by atoms with Gasteiger partial charge in [0.25, 0.3) is 0 Å². The second-order valence-electron chi connectivity index (χ2n) is 4.08. The molecule has 98 valence electrons. The van der Waals surface area contributed by atoms with Crippen molar-refractivity contribution in [2.24, 2.45) is 0 Å². The number of rotatable bonds is 4. The fourth-order valence-electron chi connectivity index (χ4n) is 1.58. The molecule has 0 atom stereocenters. The summed E-state index contributed by atoms with van der Waals surface area (Å²) in [6.07, 6.45) is 1.77. The van der Waals surface area contributed by atoms with Crippen molar-refractivity contribution in [3.05, 3.63) is 52.8 Å². The van der Waals surface area contributed by atoms with Crippen molar-refractivity contribution < 1.29 is 4.79 Å². The number of pyridine rings is 1. The maximum atomic E-state index is 10.9. The molecule has 1 aromatic carbocycles. The van der Waals surface area contributed by atoms with Crippen molar-refractivity contribution >= 4 is 33.2 Å². The molecule has 0 saturated carbocycles. The first-order valence-corrected chi connectivity index (χ1v) is 6.65. The SMILES string of the molecule is CC(=O)Nc1ccc(NCc2ccc(Br)cn2)cc1. The minimum Gasteiger partial charge on any atom is -0.379 e. The van der Waals surface area contributed by atoms with Crippen LogP contribution in [0.25, 0.3) is 0 Å². The van der Waals surface area contributed by atoms with Gasteiger partial charge in [0, 0.05) is 29.0 Å². The quantitative estimate of drug-likeness (QED) is 0.908. The van der Waals surface area contributed by atoms with Gasteiger partial charge in [-0.3, -0.25) is 9.78 Å². The summed E-state index contributed by atoms with van der Waals surface area (Å²) in [6.45, 7) is 2.15. The molecule has 1 aromatic heterocycles. The van der Waals surface area contributed by atoms with Crippen molar-refractivity contribution in [1.82, 2.24) is 4.98 Å². The Kier molecular flexibility index (Phi) is 4.52. The van der Waals surface area contributed by atoms with Crippen LogP contribution >= 0.6 is 15.9 Å². The lowest BCUT2D eigenvalue weighted by atomic mass is 10.2. The Morgan fingerprint density at radius 3 is 2.42 bits per heavy atom. The maximum absolute atomic E-state index is 10.9. The number of aromatic nitrogens is 1. The Balaban J connectivity index is 1.92. The van der Waals surface area contributed by atoms with Gasteiger partial charge in [-0.05, 0) is 52.3 Å². The Morgan fingerprint density at radius 2 is 1.84 bits per heavy atom. The normalized spacial score (nSPS) is 10.0. The maximum Gasteiger partial charge on any atom is 0.221 e. The molecule has 0 saturated heterocycles. The highest BCUT2D eigenvalue weighted by Crippen LogP contribution is 2.14. The fourth-order valence-corrected chi connectivity index (χ4v) is 1.81. The number of hydrogen-bond acceptors (Lipinski definition) is 3. The molecule has 5 heteroatoms. The van der Waals surface area contributed by atoms with Crippen LogP contribution in [0.15, 0.2) is 47.1 Å². The van der Waals surface area contributed by atoms with E-state index in [4.69, 9.17) is 0 Å². The molecule has 0 aliphatic rings. The standard InChI is InChI=1S/C14H14BrN3O/c1-10(19)18-13-6-4-12(5-7-13)17-9-14-3-2-11(15)8-16-14/h2-8,17H,9H2,1H3,(H,18,19). The third-order valence-electron chi connectivity index (χ3n) is 2.47. The molecular weight excluding hydrogens is 306 g/mol. The zero-order valence-electron chi connectivity index (χ0n) is 10.5. The summed E-state index contributed by atoms with van der Waals surface area (Å²) in [5.41, 5.74) is 2.74. The average Bonchev–Trinajstić information content (AvgIpc) is 2.39. The summed E-state index contributed by atoms with van der Waals surface area (Å²) in [5.74, 6) is -0.0697. The van der Waals surface area contributed by atoms with Gasteiger partial charge in [-0.2, -0.15) is 0 Å². The molecule has 2 rings (SSSR count). The van der Waals surface area contributed by atoms with Gasteiger partial charge in [0.15, 0.2) is 0 Å². The number of nitrogens with one attached hydrogen (secondary N) is 2. The number of nitrogens with zero attached hydrogens (tertiary/aromatic N) is 1. The van der Waals surface area contributed by atoms with Gasteiger partial charge in [0.05, 0.1) is 12.2 Å². The van der Waals surface area contributed by atoms with E-state index in [1.807, 2.05) is 36.4 Å². The molecule has 0 aliphatic heterocycles. The fraction of sp³-hybridized carbons (Fsp3) is 0.143. The van der Waals surface area contributed by atoms with E-state index in [9.17, 15) is 4.79 Å². The van der Waals surface area contributed by atoms with Gasteiger partial charge >= 0.3 is 0 Å². The molecule has 0 unspecified atom stereocenters. The van der Waals surface area contributed by atoms with Gasteiger partial charge in [0.1, 0.15) is 0 Å². The lowest BCUT2D eigenvalue weighted by Gasteiger charge is -2.07. The average molecular weight is 320 g/mol. The van der Waals surface area contributed by atoms with Crippen molar-refractivity contribution in [3.63, 3.8) is 0 Å². The van der Waals surface area contributed by atoms with Crippen molar-refractivity contribution in [2.75, 3.05) is 10.6 Å². The molecule has 4 nitrogen and oxygen atoms in total. The van der Waals surface area contributed by atoms with Crippen LogP contribution in [0.3, 0.4) is 0 Å². The highest BCUT2D eigenvalue weighted by molar-refractivity contribution is 9.10. The molecular formula is C14H14BrN3O. The van der Waals surface area contributed by atoms with Gasteiger partial charge in [-0.1, -0.05) is 0 Å². The van der Waals surface area contributed by atoms with Crippen LogP contribution in [0.4, 0.5) is 11.4 Å². The van der Waals surface area contributed by atoms with Gasteiger partial charge in [-0.25, -0.2) is 0 Å². The van der Waals surface area contributed by atoms with Crippen LogP contribution in [0.5, 0.6) is 0 Å². The van der Waals surface area contributed by atoms with Crippen LogP contribution < -0.4 is 10.6 Å². The summed E-state index contributed by atoms with van der Waals surface area (Å²) in [6, 6.07) is 11.5. The Bertz CT molecular complexity index is 552. The molecule has 2 aromatic rings. The summed E-state index contributed by atoms with van der Waals surface area (Å²) < 4.78 is 0.968. The van der Waals surface area contributed by atoms with Crippen LogP contribution in [0.1, 0.15) is 12.6 Å². The van der Waals surface area contributed by atoms with E-state index in [1.165, 1.54) is 6.92 Å². The van der Waals surface area contributed by atoms with Crippen molar-refractivity contribution in [2.45, 2.75) is 13.5 Å². The molecule has 0 spiro atoms. The van der Waals surface area contributed by atoms with E-state index in [2.05, 4.69) is 31.5 Å². The molecule has 0 radical (unpaired) electrons. The smallest absolute Gasteiger partial charge is 0.221 e. The minimum absolute atomic E-state index is 0.0697. The molecule has 0 bridgehead atoms. The number of halogens is 1. The highest BCUT2D eigenvalue weighted by atomic mass is 79.9. The van der Waals surface area contributed by atoms with Gasteiger partial charge in [-0.15, -0.1) is 0 Å². The Morgan fingerprint density at radius 1 is 1.16 bits per heavy atom. The van der Waals surface area contributed by atoms with E-state index in [0.717, 1.165) is 21.5 Å². The van der Waals surface area contributed by atoms with Crippen LogP contribution in [-0.4, -0.2) is 10.9 Å².